The number of nitrogens with one attached hydrogen (secondary N) is 1. The van der Waals surface area contributed by atoms with Gasteiger partial charge in [0.25, 0.3) is 5.91 Å². The Kier molecular flexibility index (Phi) is 3.51. The van der Waals surface area contributed by atoms with Gasteiger partial charge in [-0.15, -0.1) is 0 Å². The topological polar surface area (TPSA) is 101 Å². The maximum atomic E-state index is 12.9. The average Bonchev–Trinajstić information content (AvgIpc) is 3.31. The molecule has 0 spiro atoms. The van der Waals surface area contributed by atoms with Gasteiger partial charge in [0.15, 0.2) is 5.82 Å². The molecule has 0 saturated carbocycles. The van der Waals surface area contributed by atoms with Crippen LogP contribution in [0.15, 0.2) is 22.7 Å². The van der Waals surface area contributed by atoms with Gasteiger partial charge in [-0.05, 0) is 31.0 Å². The third-order valence-corrected chi connectivity index (χ3v) is 4.34. The van der Waals surface area contributed by atoms with Crippen molar-refractivity contribution in [2.75, 3.05) is 6.54 Å². The molecule has 1 aliphatic heterocycles. The summed E-state index contributed by atoms with van der Waals surface area (Å²) in [7, 11) is 0. The first-order chi connectivity index (χ1) is 11.6. The Bertz CT molecular complexity index is 883. The molecule has 0 aliphatic carbocycles. The van der Waals surface area contributed by atoms with E-state index in [0.717, 1.165) is 18.4 Å². The van der Waals surface area contributed by atoms with Gasteiger partial charge in [-0.3, -0.25) is 4.79 Å². The lowest BCUT2D eigenvalue weighted by atomic mass is 10.1. The summed E-state index contributed by atoms with van der Waals surface area (Å²) in [6.45, 7) is 4.71. The molecule has 3 aromatic rings. The van der Waals surface area contributed by atoms with Crippen LogP contribution in [-0.2, 0) is 0 Å². The minimum Gasteiger partial charge on any atom is -0.337 e. The third-order valence-electron chi connectivity index (χ3n) is 4.34. The molecule has 1 fully saturated rings. The summed E-state index contributed by atoms with van der Waals surface area (Å²) in [6, 6.07) is 5.16. The van der Waals surface area contributed by atoms with Crippen LogP contribution in [0.2, 0.25) is 0 Å². The number of carbonyl (C=O) groups excluding carboxylic acids is 1. The molecule has 4 rings (SSSR count). The van der Waals surface area contributed by atoms with Crippen LogP contribution >= 0.6 is 0 Å². The number of aromatic amines is 1. The molecule has 3 heterocycles. The number of nitrogens with zero attached hydrogens (tertiary/aromatic N) is 5. The first-order valence-corrected chi connectivity index (χ1v) is 8.08. The molecule has 1 N–H and O–H groups in total. The molecule has 124 valence electrons. The molecule has 1 saturated heterocycles. The fourth-order valence-corrected chi connectivity index (χ4v) is 3.02. The van der Waals surface area contributed by atoms with Crippen molar-refractivity contribution >= 4 is 16.9 Å². The number of likely N-dealkylation sites (tertiary alicyclic amines) is 1. The molecule has 1 atom stereocenters. The number of aromatic nitrogens is 5. The van der Waals surface area contributed by atoms with Gasteiger partial charge in [-0.25, -0.2) is 0 Å². The fourth-order valence-electron chi connectivity index (χ4n) is 3.02. The van der Waals surface area contributed by atoms with Crippen molar-refractivity contribution in [2.24, 2.45) is 0 Å². The van der Waals surface area contributed by atoms with E-state index in [1.807, 2.05) is 13.8 Å². The first-order valence-electron chi connectivity index (χ1n) is 8.08. The zero-order chi connectivity index (χ0) is 16.7. The van der Waals surface area contributed by atoms with Gasteiger partial charge < -0.3 is 9.42 Å². The van der Waals surface area contributed by atoms with Crippen LogP contribution in [0.4, 0.5) is 0 Å². The van der Waals surface area contributed by atoms with E-state index in [1.165, 1.54) is 0 Å². The van der Waals surface area contributed by atoms with Gasteiger partial charge in [-0.2, -0.15) is 20.4 Å². The minimum absolute atomic E-state index is 0.0494. The summed E-state index contributed by atoms with van der Waals surface area (Å²) in [5.74, 6) is 1.34. The van der Waals surface area contributed by atoms with E-state index >= 15 is 0 Å². The number of H-pyrrole nitrogens is 1. The predicted molar refractivity (Wildman–Crippen MR) is 85.3 cm³/mol. The molecule has 0 radical (unpaired) electrons. The van der Waals surface area contributed by atoms with Crippen molar-refractivity contribution in [3.05, 3.63) is 35.5 Å². The number of benzene rings is 1. The molecular formula is C16H18N6O2. The van der Waals surface area contributed by atoms with Crippen LogP contribution in [0.3, 0.4) is 0 Å². The number of hydrogen-bond donors (Lipinski definition) is 1. The molecule has 8 heteroatoms. The van der Waals surface area contributed by atoms with Gasteiger partial charge >= 0.3 is 0 Å². The molecule has 24 heavy (non-hydrogen) atoms. The molecule has 1 aromatic carbocycles. The van der Waals surface area contributed by atoms with Crippen molar-refractivity contribution in [3.8, 4) is 0 Å². The van der Waals surface area contributed by atoms with Gasteiger partial charge in [0.05, 0.1) is 0 Å². The van der Waals surface area contributed by atoms with Crippen molar-refractivity contribution in [3.63, 3.8) is 0 Å². The smallest absolute Gasteiger partial charge is 0.254 e. The highest BCUT2D eigenvalue weighted by molar-refractivity contribution is 5.97. The van der Waals surface area contributed by atoms with Crippen LogP contribution in [0.1, 0.15) is 60.7 Å². The Balaban J connectivity index is 1.62. The summed E-state index contributed by atoms with van der Waals surface area (Å²) >= 11 is 0. The van der Waals surface area contributed by atoms with Crippen molar-refractivity contribution < 1.29 is 9.32 Å². The second kappa shape index (κ2) is 5.70. The third kappa shape index (κ3) is 2.44. The highest BCUT2D eigenvalue weighted by Gasteiger charge is 2.34. The zero-order valence-electron chi connectivity index (χ0n) is 13.6. The lowest BCUT2D eigenvalue weighted by molar-refractivity contribution is 0.0710. The summed E-state index contributed by atoms with van der Waals surface area (Å²) in [6.07, 6.45) is 1.75. The lowest BCUT2D eigenvalue weighted by Crippen LogP contribution is -2.30. The molecular weight excluding hydrogens is 308 g/mol. The van der Waals surface area contributed by atoms with E-state index < -0.39 is 0 Å². The molecule has 1 aliphatic rings. The average molecular weight is 326 g/mol. The van der Waals surface area contributed by atoms with E-state index in [-0.39, 0.29) is 17.9 Å². The minimum atomic E-state index is -0.162. The summed E-state index contributed by atoms with van der Waals surface area (Å²) in [4.78, 5) is 19.2. The predicted octanol–water partition coefficient (Wildman–Crippen LogP) is 2.44. The van der Waals surface area contributed by atoms with Gasteiger partial charge in [0, 0.05) is 18.0 Å². The fraction of sp³-hybridized carbons (Fsp3) is 0.438. The Labute approximate surface area is 138 Å². The van der Waals surface area contributed by atoms with Crippen LogP contribution in [-0.4, -0.2) is 42.9 Å². The Hall–Kier alpha value is -2.77. The molecule has 0 bridgehead atoms. The summed E-state index contributed by atoms with van der Waals surface area (Å²) in [5.41, 5.74) is 2.01. The second-order valence-electron chi connectivity index (χ2n) is 6.33. The maximum Gasteiger partial charge on any atom is 0.254 e. The molecule has 8 nitrogen and oxygen atoms in total. The van der Waals surface area contributed by atoms with Crippen molar-refractivity contribution in [2.45, 2.75) is 38.6 Å². The Morgan fingerprint density at radius 3 is 2.96 bits per heavy atom. The maximum absolute atomic E-state index is 12.9. The number of amides is 1. The standard InChI is InChI=1S/C16H18N6O2/c1-9(2)14-17-15(24-20-14)13-4-3-7-22(13)16(23)10-5-6-11-12(8-10)19-21-18-11/h5-6,8-9,13H,3-4,7H2,1-2H3,(H,18,19,21)/t13-/m0/s1. The van der Waals surface area contributed by atoms with E-state index in [1.54, 1.807) is 23.1 Å². The molecule has 0 unspecified atom stereocenters. The van der Waals surface area contributed by atoms with E-state index in [0.29, 0.717) is 29.3 Å². The van der Waals surface area contributed by atoms with Crippen LogP contribution in [0, 0.1) is 0 Å². The molecule has 2 aromatic heterocycles. The largest absolute Gasteiger partial charge is 0.337 e. The highest BCUT2D eigenvalue weighted by Crippen LogP contribution is 2.33. The summed E-state index contributed by atoms with van der Waals surface area (Å²) in [5, 5.41) is 14.6. The van der Waals surface area contributed by atoms with Gasteiger partial charge in [0.1, 0.15) is 17.1 Å². The Morgan fingerprint density at radius 1 is 1.33 bits per heavy atom. The van der Waals surface area contributed by atoms with E-state index in [9.17, 15) is 4.79 Å². The van der Waals surface area contributed by atoms with Crippen LogP contribution in [0.5, 0.6) is 0 Å². The summed E-state index contributed by atoms with van der Waals surface area (Å²) < 4.78 is 5.40. The molecule has 1 amide bonds. The van der Waals surface area contributed by atoms with Crippen LogP contribution in [0.25, 0.3) is 11.0 Å². The quantitative estimate of drug-likeness (QED) is 0.793. The number of carbonyl (C=O) groups is 1. The first kappa shape index (κ1) is 14.8. The van der Waals surface area contributed by atoms with E-state index in [2.05, 4.69) is 25.6 Å². The monoisotopic (exact) mass is 326 g/mol. The van der Waals surface area contributed by atoms with Crippen LogP contribution < -0.4 is 0 Å². The lowest BCUT2D eigenvalue weighted by Gasteiger charge is -2.21. The zero-order valence-corrected chi connectivity index (χ0v) is 13.6. The van der Waals surface area contributed by atoms with E-state index in [4.69, 9.17) is 4.52 Å². The van der Waals surface area contributed by atoms with Gasteiger partial charge in [0.2, 0.25) is 5.89 Å². The number of hydrogen-bond acceptors (Lipinski definition) is 6. The van der Waals surface area contributed by atoms with Gasteiger partial charge in [-0.1, -0.05) is 19.0 Å². The highest BCUT2D eigenvalue weighted by atomic mass is 16.5. The second-order valence-corrected chi connectivity index (χ2v) is 6.33. The van der Waals surface area contributed by atoms with Crippen molar-refractivity contribution in [1.82, 2.24) is 30.5 Å². The van der Waals surface area contributed by atoms with Crippen molar-refractivity contribution in [1.29, 1.82) is 0 Å². The number of fused-ring (bicyclic) bond motifs is 1. The Morgan fingerprint density at radius 2 is 2.17 bits per heavy atom. The number of rotatable bonds is 3. The normalized spacial score (nSPS) is 18.0. The SMILES string of the molecule is CC(C)c1noc([C@@H]2CCCN2C(=O)c2ccc3n[nH]nc3c2)n1.